The van der Waals surface area contributed by atoms with E-state index in [1.165, 1.54) is 38.7 Å². The number of benzene rings is 3. The Morgan fingerprint density at radius 2 is 1.79 bits per heavy atom. The van der Waals surface area contributed by atoms with E-state index in [4.69, 9.17) is 30.5 Å². The molecule has 1 N–H and O–H groups in total. The molecule has 2 aromatic heterocycles. The average molecular weight is 655 g/mol. The van der Waals surface area contributed by atoms with Crippen molar-refractivity contribution in [2.24, 2.45) is 0 Å². The van der Waals surface area contributed by atoms with Crippen molar-refractivity contribution < 1.29 is 47.5 Å². The molecule has 8 heteroatoms. The Balaban J connectivity index is 0.00000277. The first-order valence-corrected chi connectivity index (χ1v) is 13.3. The number of aromatic amines is 1. The summed E-state index contributed by atoms with van der Waals surface area (Å²) in [5, 5.41) is 4.19. The van der Waals surface area contributed by atoms with Crippen molar-refractivity contribution >= 4 is 33.3 Å². The number of aryl methyl sites for hydroxylation is 4. The van der Waals surface area contributed by atoms with Crippen LogP contribution < -0.4 is 47.5 Å². The summed E-state index contributed by atoms with van der Waals surface area (Å²) in [6, 6.07) is 14.5. The number of H-pyrrole nitrogens is 1. The maximum absolute atomic E-state index is 6.31. The second-order valence-electron chi connectivity index (χ2n) is 9.88. The molecular formula is C31H28ClIN2O4. The van der Waals surface area contributed by atoms with Gasteiger partial charge >= 0.3 is 0 Å². The molecule has 4 heterocycles. The van der Waals surface area contributed by atoms with Crippen LogP contribution in [0.5, 0.6) is 23.0 Å². The topological polar surface area (TPSA) is 56.6 Å². The van der Waals surface area contributed by atoms with Crippen LogP contribution in [0.2, 0.25) is 5.02 Å². The van der Waals surface area contributed by atoms with E-state index in [2.05, 4.69) is 40.1 Å². The Kier molecular flexibility index (Phi) is 6.97. The normalized spacial score (nSPS) is 13.2. The molecule has 0 radical (unpaired) electrons. The molecule has 39 heavy (non-hydrogen) atoms. The Bertz CT molecular complexity index is 1730. The molecule has 0 bridgehead atoms. The molecule has 0 aliphatic carbocycles. The van der Waals surface area contributed by atoms with Crippen LogP contribution in [0.25, 0.3) is 32.9 Å². The van der Waals surface area contributed by atoms with Gasteiger partial charge in [-0.05, 0) is 72.9 Å². The standard InChI is InChI=1S/C31H28ClN2O4.HI/c1-35-27-9-7-21-22(5-3-4-19-15-33-26-8-6-20(32)13-23(19)26)30-24-14-29-28(37-17-38-29)12-18(24)10-11-34(30)16-25(21)31(27)36-2;/h6-9,12-16,33H,3-5,10-11,17H2,1-2H3;1H/q+1;/p-1. The number of halogens is 2. The summed E-state index contributed by atoms with van der Waals surface area (Å²) in [5.74, 6) is 3.15. The molecule has 0 saturated carbocycles. The lowest BCUT2D eigenvalue weighted by molar-refractivity contribution is -0.686. The third kappa shape index (κ3) is 4.36. The van der Waals surface area contributed by atoms with E-state index in [-0.39, 0.29) is 30.8 Å². The summed E-state index contributed by atoms with van der Waals surface area (Å²) in [4.78, 5) is 3.39. The Morgan fingerprint density at radius 3 is 2.62 bits per heavy atom. The van der Waals surface area contributed by atoms with Crippen LogP contribution in [-0.2, 0) is 25.8 Å². The SMILES string of the molecule is COc1ccc2c(CCCc3c[nH]c4ccc(Cl)cc34)c3[n+](cc2c1OC)CCc1cc2c(cc1-3)OCO2.[I-]. The second-order valence-corrected chi connectivity index (χ2v) is 10.3. The van der Waals surface area contributed by atoms with Crippen molar-refractivity contribution in [3.05, 3.63) is 76.6 Å². The fourth-order valence-electron chi connectivity index (χ4n) is 6.08. The lowest BCUT2D eigenvalue weighted by atomic mass is 9.89. The number of methoxy groups -OCH3 is 2. The first-order chi connectivity index (χ1) is 18.6. The summed E-state index contributed by atoms with van der Waals surface area (Å²) >= 11 is 6.31. The number of pyridine rings is 1. The maximum atomic E-state index is 6.31. The molecule has 0 fully saturated rings. The van der Waals surface area contributed by atoms with Crippen LogP contribution >= 0.6 is 11.6 Å². The number of nitrogens with zero attached hydrogens (tertiary/aromatic N) is 1. The van der Waals surface area contributed by atoms with Gasteiger partial charge in [0, 0.05) is 39.5 Å². The molecule has 6 nitrogen and oxygen atoms in total. The van der Waals surface area contributed by atoms with Gasteiger partial charge < -0.3 is 47.9 Å². The first-order valence-electron chi connectivity index (χ1n) is 12.9. The van der Waals surface area contributed by atoms with Gasteiger partial charge in [0.15, 0.2) is 35.7 Å². The third-order valence-electron chi connectivity index (χ3n) is 7.85. The lowest BCUT2D eigenvalue weighted by Crippen LogP contribution is -3.00. The minimum atomic E-state index is 0. The molecule has 5 aromatic rings. The summed E-state index contributed by atoms with van der Waals surface area (Å²) in [5.41, 5.74) is 7.46. The van der Waals surface area contributed by atoms with Crippen molar-refractivity contribution in [2.75, 3.05) is 21.0 Å². The van der Waals surface area contributed by atoms with E-state index in [1.807, 2.05) is 24.3 Å². The highest BCUT2D eigenvalue weighted by Gasteiger charge is 2.32. The van der Waals surface area contributed by atoms with Gasteiger partial charge in [0.25, 0.3) is 0 Å². The molecule has 3 aromatic carbocycles. The third-order valence-corrected chi connectivity index (χ3v) is 8.08. The van der Waals surface area contributed by atoms with Crippen LogP contribution in [0.4, 0.5) is 0 Å². The fraction of sp³-hybridized carbons (Fsp3) is 0.258. The summed E-state index contributed by atoms with van der Waals surface area (Å²) < 4.78 is 25.3. The average Bonchev–Trinajstić information content (AvgIpc) is 3.56. The maximum Gasteiger partial charge on any atom is 0.231 e. The van der Waals surface area contributed by atoms with E-state index in [9.17, 15) is 0 Å². The molecule has 0 amide bonds. The predicted molar refractivity (Wildman–Crippen MR) is 148 cm³/mol. The highest BCUT2D eigenvalue weighted by Crippen LogP contribution is 2.44. The van der Waals surface area contributed by atoms with Crippen molar-refractivity contribution in [2.45, 2.75) is 32.2 Å². The lowest BCUT2D eigenvalue weighted by Gasteiger charge is -2.21. The van der Waals surface area contributed by atoms with Gasteiger partial charge in [0.1, 0.15) is 0 Å². The minimum absolute atomic E-state index is 0. The Labute approximate surface area is 248 Å². The molecule has 0 unspecified atom stereocenters. The molecular weight excluding hydrogens is 627 g/mol. The largest absolute Gasteiger partial charge is 1.00 e. The van der Waals surface area contributed by atoms with Gasteiger partial charge in [0.05, 0.1) is 25.2 Å². The number of hydrogen-bond donors (Lipinski definition) is 1. The van der Waals surface area contributed by atoms with E-state index in [0.29, 0.717) is 0 Å². The zero-order valence-corrected chi connectivity index (χ0v) is 24.7. The van der Waals surface area contributed by atoms with E-state index in [1.54, 1.807) is 14.2 Å². The highest BCUT2D eigenvalue weighted by molar-refractivity contribution is 6.31. The van der Waals surface area contributed by atoms with Gasteiger partial charge in [-0.2, -0.15) is 4.57 Å². The fourth-order valence-corrected chi connectivity index (χ4v) is 6.25. The molecule has 2 aliphatic heterocycles. The summed E-state index contributed by atoms with van der Waals surface area (Å²) in [6.45, 7) is 1.15. The van der Waals surface area contributed by atoms with Gasteiger partial charge in [0.2, 0.25) is 12.5 Å². The quantitative estimate of drug-likeness (QED) is 0.225. The number of fused-ring (bicyclic) bond motifs is 6. The van der Waals surface area contributed by atoms with Gasteiger partial charge in [-0.1, -0.05) is 11.6 Å². The molecule has 0 spiro atoms. The zero-order chi connectivity index (χ0) is 25.8. The molecule has 0 saturated heterocycles. The summed E-state index contributed by atoms with van der Waals surface area (Å²) in [6.07, 6.45) is 8.08. The van der Waals surface area contributed by atoms with E-state index in [0.717, 1.165) is 71.2 Å². The van der Waals surface area contributed by atoms with Gasteiger partial charge in [-0.25, -0.2) is 0 Å². The molecule has 7 rings (SSSR count). The Morgan fingerprint density at radius 1 is 0.949 bits per heavy atom. The number of ether oxygens (including phenoxy) is 4. The second kappa shape index (κ2) is 10.4. The minimum Gasteiger partial charge on any atom is -1.00 e. The van der Waals surface area contributed by atoms with Gasteiger partial charge in [-0.15, -0.1) is 0 Å². The molecule has 200 valence electrons. The highest BCUT2D eigenvalue weighted by atomic mass is 127. The summed E-state index contributed by atoms with van der Waals surface area (Å²) in [7, 11) is 3.39. The van der Waals surface area contributed by atoms with Gasteiger partial charge in [-0.3, -0.25) is 0 Å². The number of nitrogens with one attached hydrogen (secondary N) is 1. The van der Waals surface area contributed by atoms with Crippen LogP contribution in [0.15, 0.2) is 54.9 Å². The smallest absolute Gasteiger partial charge is 0.231 e. The van der Waals surface area contributed by atoms with E-state index < -0.39 is 0 Å². The Hall–Kier alpha value is -3.17. The van der Waals surface area contributed by atoms with Crippen molar-refractivity contribution in [3.63, 3.8) is 0 Å². The van der Waals surface area contributed by atoms with E-state index >= 15 is 0 Å². The molecule has 2 aliphatic rings. The van der Waals surface area contributed by atoms with Crippen LogP contribution in [0.3, 0.4) is 0 Å². The van der Waals surface area contributed by atoms with Crippen LogP contribution in [-0.4, -0.2) is 26.0 Å². The number of rotatable bonds is 6. The van der Waals surface area contributed by atoms with Crippen LogP contribution in [0, 0.1) is 0 Å². The number of aromatic nitrogens is 2. The van der Waals surface area contributed by atoms with Crippen LogP contribution in [0.1, 0.15) is 23.1 Å². The first kappa shape index (κ1) is 26.1. The van der Waals surface area contributed by atoms with Crippen molar-refractivity contribution in [1.82, 2.24) is 4.98 Å². The zero-order valence-electron chi connectivity index (χ0n) is 21.8. The monoisotopic (exact) mass is 654 g/mol. The van der Waals surface area contributed by atoms with Crippen molar-refractivity contribution in [1.29, 1.82) is 0 Å². The predicted octanol–water partition coefficient (Wildman–Crippen LogP) is 3.41. The number of hydrogen-bond acceptors (Lipinski definition) is 4. The molecule has 0 atom stereocenters. The van der Waals surface area contributed by atoms with Crippen molar-refractivity contribution in [3.8, 4) is 34.3 Å².